The Kier molecular flexibility index (Phi) is 4.74. The van der Waals surface area contributed by atoms with Gasteiger partial charge in [-0.3, -0.25) is 9.78 Å². The molecule has 6 nitrogen and oxygen atoms in total. The number of nitriles is 2. The lowest BCUT2D eigenvalue weighted by Crippen LogP contribution is -2.31. The fourth-order valence-electron chi connectivity index (χ4n) is 3.33. The molecule has 6 heteroatoms. The number of dihydropyridines is 1. The van der Waals surface area contributed by atoms with Crippen molar-refractivity contribution in [3.8, 4) is 23.4 Å². The third-order valence-electron chi connectivity index (χ3n) is 4.51. The predicted octanol–water partition coefficient (Wildman–Crippen LogP) is 2.91. The number of carbonyl (C=O) groups is 1. The topological polar surface area (TPSA) is 116 Å². The third kappa shape index (κ3) is 3.05. The maximum Gasteiger partial charge on any atom is 0.249 e. The second-order valence-electron chi connectivity index (χ2n) is 6.19. The van der Waals surface area contributed by atoms with Crippen LogP contribution in [0.5, 0.6) is 0 Å². The van der Waals surface area contributed by atoms with E-state index in [2.05, 4.69) is 22.4 Å². The number of amides is 1. The molecule has 1 aromatic carbocycles. The number of carbonyl (C=O) groups excluding carboxylic acids is 1. The Morgan fingerprint density at radius 1 is 1.19 bits per heavy atom. The van der Waals surface area contributed by atoms with E-state index in [0.29, 0.717) is 39.2 Å². The van der Waals surface area contributed by atoms with Crippen molar-refractivity contribution in [3.63, 3.8) is 0 Å². The Hall–Kier alpha value is -3.90. The molecular weight excluding hydrogens is 338 g/mol. The van der Waals surface area contributed by atoms with E-state index in [1.807, 2.05) is 6.92 Å². The van der Waals surface area contributed by atoms with Crippen LogP contribution in [0, 0.1) is 22.7 Å². The molecule has 1 aliphatic rings. The van der Waals surface area contributed by atoms with E-state index < -0.39 is 5.91 Å². The first kappa shape index (κ1) is 17.9. The van der Waals surface area contributed by atoms with Gasteiger partial charge in [0.25, 0.3) is 0 Å². The van der Waals surface area contributed by atoms with Gasteiger partial charge in [-0.25, -0.2) is 0 Å². The quantitative estimate of drug-likeness (QED) is 0.878. The largest absolute Gasteiger partial charge is 0.380 e. The van der Waals surface area contributed by atoms with Crippen LogP contribution in [0.1, 0.15) is 29.8 Å². The van der Waals surface area contributed by atoms with Gasteiger partial charge in [0, 0.05) is 28.6 Å². The standard InChI is InChI=1S/C21H17N5O/c1-12-16(10-22)19(17(11-23)13(2)26-12)14-6-5-7-15(21(24)27)20(14)18-8-3-4-9-25-18/h3-9,12,26H,1-2H3,(H2,24,27). The first-order chi connectivity index (χ1) is 13.0. The van der Waals surface area contributed by atoms with E-state index in [9.17, 15) is 15.3 Å². The monoisotopic (exact) mass is 355 g/mol. The molecule has 3 N–H and O–H groups in total. The highest BCUT2D eigenvalue weighted by atomic mass is 16.1. The smallest absolute Gasteiger partial charge is 0.249 e. The first-order valence-electron chi connectivity index (χ1n) is 8.36. The van der Waals surface area contributed by atoms with Crippen molar-refractivity contribution >= 4 is 11.5 Å². The zero-order chi connectivity index (χ0) is 19.6. The Bertz CT molecular complexity index is 1070. The van der Waals surface area contributed by atoms with Crippen molar-refractivity contribution in [1.82, 2.24) is 10.3 Å². The number of hydrogen-bond acceptors (Lipinski definition) is 5. The average Bonchev–Trinajstić information content (AvgIpc) is 2.67. The molecule has 0 saturated heterocycles. The first-order valence-corrected chi connectivity index (χ1v) is 8.36. The molecular formula is C21H17N5O. The summed E-state index contributed by atoms with van der Waals surface area (Å²) in [5, 5.41) is 22.6. The summed E-state index contributed by atoms with van der Waals surface area (Å²) < 4.78 is 0. The lowest BCUT2D eigenvalue weighted by molar-refractivity contribution is 0.100. The third-order valence-corrected chi connectivity index (χ3v) is 4.51. The van der Waals surface area contributed by atoms with Crippen LogP contribution < -0.4 is 11.1 Å². The molecule has 27 heavy (non-hydrogen) atoms. The van der Waals surface area contributed by atoms with E-state index in [4.69, 9.17) is 5.73 Å². The molecule has 0 radical (unpaired) electrons. The van der Waals surface area contributed by atoms with Gasteiger partial charge >= 0.3 is 0 Å². The Balaban J connectivity index is 2.45. The lowest BCUT2D eigenvalue weighted by Gasteiger charge is -2.27. The van der Waals surface area contributed by atoms with Crippen molar-refractivity contribution in [2.75, 3.05) is 0 Å². The highest BCUT2D eigenvalue weighted by Crippen LogP contribution is 2.39. The number of hydrogen-bond donors (Lipinski definition) is 2. The van der Waals surface area contributed by atoms with Gasteiger partial charge < -0.3 is 11.1 Å². The number of benzene rings is 1. The molecule has 1 aliphatic heterocycles. The normalized spacial score (nSPS) is 16.4. The number of nitrogens with one attached hydrogen (secondary N) is 1. The van der Waals surface area contributed by atoms with Gasteiger partial charge in [-0.15, -0.1) is 0 Å². The van der Waals surface area contributed by atoms with Crippen molar-refractivity contribution in [2.24, 2.45) is 5.73 Å². The van der Waals surface area contributed by atoms with Gasteiger partial charge in [-0.2, -0.15) is 10.5 Å². The minimum Gasteiger partial charge on any atom is -0.380 e. The predicted molar refractivity (Wildman–Crippen MR) is 102 cm³/mol. The average molecular weight is 355 g/mol. The van der Waals surface area contributed by atoms with Crippen molar-refractivity contribution in [2.45, 2.75) is 19.9 Å². The highest BCUT2D eigenvalue weighted by Gasteiger charge is 2.29. The summed E-state index contributed by atoms with van der Waals surface area (Å²) in [7, 11) is 0. The fraction of sp³-hybridized carbons (Fsp3) is 0.143. The Morgan fingerprint density at radius 3 is 2.56 bits per heavy atom. The molecule has 0 saturated carbocycles. The molecule has 0 fully saturated rings. The van der Waals surface area contributed by atoms with Gasteiger partial charge in [-0.1, -0.05) is 18.2 Å². The van der Waals surface area contributed by atoms with Crippen LogP contribution in [0.3, 0.4) is 0 Å². The second-order valence-corrected chi connectivity index (χ2v) is 6.19. The minimum absolute atomic E-state index is 0.268. The molecule has 2 heterocycles. The molecule has 132 valence electrons. The van der Waals surface area contributed by atoms with E-state index in [1.54, 1.807) is 49.5 Å². The molecule has 0 bridgehead atoms. The lowest BCUT2D eigenvalue weighted by atomic mass is 9.83. The van der Waals surface area contributed by atoms with E-state index in [1.165, 1.54) is 0 Å². The van der Waals surface area contributed by atoms with Crippen LogP contribution in [-0.2, 0) is 0 Å². The number of primary amides is 1. The Morgan fingerprint density at radius 2 is 1.96 bits per heavy atom. The van der Waals surface area contributed by atoms with Crippen molar-refractivity contribution in [3.05, 3.63) is 70.6 Å². The van der Waals surface area contributed by atoms with Crippen LogP contribution in [-0.4, -0.2) is 16.9 Å². The molecule has 1 aromatic heterocycles. The van der Waals surface area contributed by atoms with Crippen LogP contribution >= 0.6 is 0 Å². The molecule has 3 rings (SSSR count). The van der Waals surface area contributed by atoms with E-state index in [0.717, 1.165) is 0 Å². The summed E-state index contributed by atoms with van der Waals surface area (Å²) in [4.78, 5) is 16.4. The summed E-state index contributed by atoms with van der Waals surface area (Å²) >= 11 is 0. The van der Waals surface area contributed by atoms with E-state index >= 15 is 0 Å². The summed E-state index contributed by atoms with van der Waals surface area (Å²) in [5.41, 5.74) is 9.52. The molecule has 0 spiro atoms. The summed E-state index contributed by atoms with van der Waals surface area (Å²) in [6.45, 7) is 3.65. The van der Waals surface area contributed by atoms with Crippen LogP contribution in [0.25, 0.3) is 16.8 Å². The maximum absolute atomic E-state index is 12.1. The number of allylic oxidation sites excluding steroid dienone is 3. The van der Waals surface area contributed by atoms with Gasteiger partial charge in [0.1, 0.15) is 6.07 Å². The zero-order valence-electron chi connectivity index (χ0n) is 14.9. The minimum atomic E-state index is -0.599. The number of nitrogens with two attached hydrogens (primary N) is 1. The summed E-state index contributed by atoms with van der Waals surface area (Å²) in [6.07, 6.45) is 1.62. The van der Waals surface area contributed by atoms with Gasteiger partial charge in [0.05, 0.1) is 29.0 Å². The van der Waals surface area contributed by atoms with E-state index in [-0.39, 0.29) is 11.6 Å². The fourth-order valence-corrected chi connectivity index (χ4v) is 3.33. The summed E-state index contributed by atoms with van der Waals surface area (Å²) in [5.74, 6) is -0.599. The number of nitrogens with zero attached hydrogens (tertiary/aromatic N) is 3. The summed E-state index contributed by atoms with van der Waals surface area (Å²) in [6, 6.07) is 14.6. The highest BCUT2D eigenvalue weighted by molar-refractivity contribution is 6.04. The van der Waals surface area contributed by atoms with Crippen LogP contribution in [0.15, 0.2) is 59.4 Å². The number of aromatic nitrogens is 1. The zero-order valence-corrected chi connectivity index (χ0v) is 14.9. The van der Waals surface area contributed by atoms with Crippen LogP contribution in [0.2, 0.25) is 0 Å². The number of pyridine rings is 1. The van der Waals surface area contributed by atoms with Gasteiger partial charge in [0.2, 0.25) is 5.91 Å². The molecule has 1 unspecified atom stereocenters. The SMILES string of the molecule is CC1=C(C#N)C(c2cccc(C(N)=O)c2-c2ccccn2)=C(C#N)C(C)N1. The van der Waals surface area contributed by atoms with Crippen molar-refractivity contribution < 1.29 is 4.79 Å². The molecule has 2 aromatic rings. The van der Waals surface area contributed by atoms with Gasteiger partial charge in [0.15, 0.2) is 0 Å². The van der Waals surface area contributed by atoms with Crippen molar-refractivity contribution in [1.29, 1.82) is 10.5 Å². The maximum atomic E-state index is 12.1. The molecule has 1 amide bonds. The van der Waals surface area contributed by atoms with Crippen LogP contribution in [0.4, 0.5) is 0 Å². The molecule has 0 aliphatic carbocycles. The molecule has 1 atom stereocenters. The second kappa shape index (κ2) is 7.15. The number of rotatable bonds is 3. The van der Waals surface area contributed by atoms with Gasteiger partial charge in [-0.05, 0) is 37.6 Å². The Labute approximate surface area is 157 Å².